The van der Waals surface area contributed by atoms with Crippen LogP contribution in [0, 0.1) is 5.92 Å². The summed E-state index contributed by atoms with van der Waals surface area (Å²) in [5.74, 6) is 0.838. The Labute approximate surface area is 137 Å². The number of hydrogen-bond acceptors (Lipinski definition) is 4. The van der Waals surface area contributed by atoms with Crippen LogP contribution in [0.15, 0.2) is 17.0 Å². The van der Waals surface area contributed by atoms with Gasteiger partial charge in [0.05, 0.1) is 19.2 Å². The fraction of sp³-hybridized carbons (Fsp3) is 0.600. The molecule has 2 atom stereocenters. The summed E-state index contributed by atoms with van der Waals surface area (Å²) in [5, 5.41) is 0.310. The van der Waals surface area contributed by atoms with Crippen LogP contribution in [-0.2, 0) is 10.0 Å². The Bertz CT molecular complexity index is 633. The number of nitrogens with one attached hydrogen (secondary N) is 1. The second-order valence-corrected chi connectivity index (χ2v) is 7.72. The van der Waals surface area contributed by atoms with Gasteiger partial charge in [0.2, 0.25) is 10.0 Å². The topological polar surface area (TPSA) is 64.6 Å². The van der Waals surface area contributed by atoms with Crippen molar-refractivity contribution in [1.29, 1.82) is 0 Å². The summed E-state index contributed by atoms with van der Waals surface area (Å²) in [6.07, 6.45) is 4.08. The normalized spacial score (nSPS) is 22.4. The van der Waals surface area contributed by atoms with E-state index in [1.165, 1.54) is 26.4 Å². The Balaban J connectivity index is 2.35. The van der Waals surface area contributed by atoms with Gasteiger partial charge in [-0.3, -0.25) is 0 Å². The zero-order valence-corrected chi connectivity index (χ0v) is 14.6. The first-order valence-corrected chi connectivity index (χ1v) is 9.19. The molecule has 124 valence electrons. The van der Waals surface area contributed by atoms with E-state index in [1.807, 2.05) is 0 Å². The third kappa shape index (κ3) is 3.67. The van der Waals surface area contributed by atoms with Crippen LogP contribution >= 0.6 is 11.6 Å². The van der Waals surface area contributed by atoms with Crippen LogP contribution in [0.3, 0.4) is 0 Å². The molecule has 0 aromatic heterocycles. The van der Waals surface area contributed by atoms with E-state index in [-0.39, 0.29) is 16.7 Å². The summed E-state index contributed by atoms with van der Waals surface area (Å²) < 4.78 is 38.5. The molecule has 1 aliphatic rings. The molecule has 2 rings (SSSR count). The van der Waals surface area contributed by atoms with Gasteiger partial charge < -0.3 is 9.47 Å². The summed E-state index contributed by atoms with van der Waals surface area (Å²) in [4.78, 5) is 0.0500. The highest BCUT2D eigenvalue weighted by Gasteiger charge is 2.29. The summed E-state index contributed by atoms with van der Waals surface area (Å²) in [5.41, 5.74) is 0. The molecule has 1 aromatic carbocycles. The highest BCUT2D eigenvalue weighted by atomic mass is 35.5. The molecule has 1 fully saturated rings. The summed E-state index contributed by atoms with van der Waals surface area (Å²) in [6, 6.07) is 2.81. The zero-order valence-electron chi connectivity index (χ0n) is 13.1. The van der Waals surface area contributed by atoms with Crippen LogP contribution in [0.4, 0.5) is 0 Å². The standard InChI is InChI=1S/C15H22ClNO4S/c1-10-6-4-5-7-12(10)17-22(18,19)15-9-13(20-2)11(16)8-14(15)21-3/h8-10,12,17H,4-7H2,1-3H3/t10-,12+/m0/s1. The molecule has 1 aromatic rings. The molecule has 0 bridgehead atoms. The van der Waals surface area contributed by atoms with E-state index in [9.17, 15) is 8.42 Å². The van der Waals surface area contributed by atoms with Crippen LogP contribution in [0.5, 0.6) is 11.5 Å². The molecule has 0 saturated heterocycles. The average Bonchev–Trinajstić information content (AvgIpc) is 2.48. The first-order valence-electron chi connectivity index (χ1n) is 7.33. The van der Waals surface area contributed by atoms with E-state index in [4.69, 9.17) is 21.1 Å². The number of halogens is 1. The lowest BCUT2D eigenvalue weighted by Gasteiger charge is -2.29. The van der Waals surface area contributed by atoms with E-state index in [2.05, 4.69) is 11.6 Å². The molecule has 22 heavy (non-hydrogen) atoms. The first kappa shape index (κ1) is 17.4. The van der Waals surface area contributed by atoms with Gasteiger partial charge in [-0.15, -0.1) is 0 Å². The van der Waals surface area contributed by atoms with Crippen molar-refractivity contribution in [2.24, 2.45) is 5.92 Å². The van der Waals surface area contributed by atoms with Crippen LogP contribution in [0.2, 0.25) is 5.02 Å². The van der Waals surface area contributed by atoms with Gasteiger partial charge in [-0.2, -0.15) is 0 Å². The number of benzene rings is 1. The molecule has 1 N–H and O–H groups in total. The van der Waals surface area contributed by atoms with Gasteiger partial charge in [0, 0.05) is 18.2 Å². The largest absolute Gasteiger partial charge is 0.495 e. The second-order valence-electron chi connectivity index (χ2n) is 5.63. The molecule has 5 nitrogen and oxygen atoms in total. The van der Waals surface area contributed by atoms with Crippen molar-refractivity contribution in [3.63, 3.8) is 0 Å². The average molecular weight is 348 g/mol. The van der Waals surface area contributed by atoms with Gasteiger partial charge >= 0.3 is 0 Å². The minimum absolute atomic E-state index is 0.0500. The van der Waals surface area contributed by atoms with E-state index in [0.717, 1.165) is 25.7 Å². The van der Waals surface area contributed by atoms with Crippen molar-refractivity contribution in [2.75, 3.05) is 14.2 Å². The van der Waals surface area contributed by atoms with Crippen molar-refractivity contribution < 1.29 is 17.9 Å². The van der Waals surface area contributed by atoms with E-state index < -0.39 is 10.0 Å². The second kappa shape index (κ2) is 7.06. The quantitative estimate of drug-likeness (QED) is 0.888. The lowest BCUT2D eigenvalue weighted by atomic mass is 9.87. The van der Waals surface area contributed by atoms with Crippen molar-refractivity contribution >= 4 is 21.6 Å². The van der Waals surface area contributed by atoms with E-state index in [0.29, 0.717) is 16.7 Å². The SMILES string of the molecule is COc1cc(S(=O)(=O)N[C@@H]2CCCC[C@@H]2C)c(OC)cc1Cl. The Morgan fingerprint density at radius 1 is 1.14 bits per heavy atom. The monoisotopic (exact) mass is 347 g/mol. The fourth-order valence-corrected chi connectivity index (χ4v) is 4.57. The Hall–Kier alpha value is -0.980. The minimum Gasteiger partial charge on any atom is -0.495 e. The molecule has 1 saturated carbocycles. The van der Waals surface area contributed by atoms with Crippen molar-refractivity contribution in [2.45, 2.75) is 43.5 Å². The highest BCUT2D eigenvalue weighted by molar-refractivity contribution is 7.89. The maximum absolute atomic E-state index is 12.7. The van der Waals surface area contributed by atoms with Crippen LogP contribution < -0.4 is 14.2 Å². The molecule has 0 radical (unpaired) electrons. The van der Waals surface area contributed by atoms with E-state index >= 15 is 0 Å². The van der Waals surface area contributed by atoms with Gasteiger partial charge in [0.1, 0.15) is 16.4 Å². The molecule has 7 heteroatoms. The van der Waals surface area contributed by atoms with Gasteiger partial charge in [0.15, 0.2) is 0 Å². The lowest BCUT2D eigenvalue weighted by Crippen LogP contribution is -2.41. The fourth-order valence-electron chi connectivity index (χ4n) is 2.80. The molecule has 0 spiro atoms. The van der Waals surface area contributed by atoms with E-state index in [1.54, 1.807) is 0 Å². The maximum Gasteiger partial charge on any atom is 0.244 e. The Morgan fingerprint density at radius 3 is 2.36 bits per heavy atom. The maximum atomic E-state index is 12.7. The lowest BCUT2D eigenvalue weighted by molar-refractivity contribution is 0.310. The molecule has 0 aliphatic heterocycles. The van der Waals surface area contributed by atoms with Gasteiger partial charge in [0.25, 0.3) is 0 Å². The highest BCUT2D eigenvalue weighted by Crippen LogP contribution is 2.35. The Morgan fingerprint density at radius 2 is 1.77 bits per heavy atom. The number of rotatable bonds is 5. The summed E-state index contributed by atoms with van der Waals surface area (Å²) in [7, 11) is -0.836. The van der Waals surface area contributed by atoms with Crippen molar-refractivity contribution in [1.82, 2.24) is 4.72 Å². The number of hydrogen-bond donors (Lipinski definition) is 1. The number of sulfonamides is 1. The molecule has 0 amide bonds. The van der Waals surface area contributed by atoms with Crippen LogP contribution in [0.1, 0.15) is 32.6 Å². The predicted molar refractivity (Wildman–Crippen MR) is 86.3 cm³/mol. The Kier molecular flexibility index (Phi) is 5.58. The van der Waals surface area contributed by atoms with Crippen LogP contribution in [-0.4, -0.2) is 28.7 Å². The van der Waals surface area contributed by atoms with Crippen molar-refractivity contribution in [3.05, 3.63) is 17.2 Å². The molecule has 1 aliphatic carbocycles. The number of methoxy groups -OCH3 is 2. The predicted octanol–water partition coefficient (Wildman–Crippen LogP) is 3.21. The van der Waals surface area contributed by atoms with Gasteiger partial charge in [-0.25, -0.2) is 13.1 Å². The first-order chi connectivity index (χ1) is 10.4. The molecule has 0 unspecified atom stereocenters. The zero-order chi connectivity index (χ0) is 16.3. The smallest absolute Gasteiger partial charge is 0.244 e. The minimum atomic E-state index is -3.70. The number of ether oxygens (including phenoxy) is 2. The third-order valence-corrected chi connectivity index (χ3v) is 5.95. The molecular formula is C15H22ClNO4S. The summed E-state index contributed by atoms with van der Waals surface area (Å²) >= 11 is 6.03. The van der Waals surface area contributed by atoms with Crippen molar-refractivity contribution in [3.8, 4) is 11.5 Å². The van der Waals surface area contributed by atoms with Gasteiger partial charge in [-0.05, 0) is 18.8 Å². The summed E-state index contributed by atoms with van der Waals surface area (Å²) in [6.45, 7) is 2.08. The molecular weight excluding hydrogens is 326 g/mol. The molecule has 0 heterocycles. The van der Waals surface area contributed by atoms with Crippen LogP contribution in [0.25, 0.3) is 0 Å². The third-order valence-electron chi connectivity index (χ3n) is 4.15. The van der Waals surface area contributed by atoms with Gasteiger partial charge in [-0.1, -0.05) is 31.4 Å².